The van der Waals surface area contributed by atoms with Gasteiger partial charge >= 0.3 is 5.97 Å². The Kier molecular flexibility index (Phi) is 4.25. The Morgan fingerprint density at radius 1 is 1.36 bits per heavy atom. The number of nitrogens with zero attached hydrogens (tertiary/aromatic N) is 1. The molecule has 2 amide bonds. The summed E-state index contributed by atoms with van der Waals surface area (Å²) in [6, 6.07) is 4.47. The van der Waals surface area contributed by atoms with Crippen molar-refractivity contribution in [3.05, 3.63) is 29.3 Å². The van der Waals surface area contributed by atoms with Crippen LogP contribution in [0.5, 0.6) is 5.75 Å². The van der Waals surface area contributed by atoms with E-state index in [4.69, 9.17) is 4.74 Å². The summed E-state index contributed by atoms with van der Waals surface area (Å²) in [5, 5.41) is 9.73. The van der Waals surface area contributed by atoms with Crippen LogP contribution in [0, 0.1) is 5.92 Å². The Balaban J connectivity index is 2.31. The molecule has 0 saturated carbocycles. The second-order valence-electron chi connectivity index (χ2n) is 4.84. The highest BCUT2D eigenvalue weighted by Gasteiger charge is 2.42. The van der Waals surface area contributed by atoms with Crippen molar-refractivity contribution in [1.82, 2.24) is 4.90 Å². The van der Waals surface area contributed by atoms with Gasteiger partial charge in [0.1, 0.15) is 5.75 Å². The fraction of sp³-hybridized carbons (Fsp3) is 0.333. The zero-order valence-corrected chi connectivity index (χ0v) is 12.2. The molecule has 22 heavy (non-hydrogen) atoms. The van der Waals surface area contributed by atoms with E-state index in [2.05, 4.69) is 0 Å². The van der Waals surface area contributed by atoms with Gasteiger partial charge in [-0.15, -0.1) is 0 Å². The maximum Gasteiger partial charge on any atom is 0.326 e. The molecule has 2 rings (SSSR count). The standard InChI is InChI=1S/C15H15NO6/c1-3-22-15(21)11(8(2)17)13(19)16-7-9-5-4-6-10(18)12(9)14(16)20/h4-6,11,18H,3,7H2,1-2H3. The second kappa shape index (κ2) is 5.97. The average Bonchev–Trinajstić information content (AvgIpc) is 2.77. The van der Waals surface area contributed by atoms with Crippen molar-refractivity contribution in [1.29, 1.82) is 0 Å². The summed E-state index contributed by atoms with van der Waals surface area (Å²) in [6.45, 7) is 2.56. The SMILES string of the molecule is CCOC(=O)C(C(C)=O)C(=O)N1Cc2cccc(O)c2C1=O. The van der Waals surface area contributed by atoms with E-state index in [-0.39, 0.29) is 24.5 Å². The third-order valence-electron chi connectivity index (χ3n) is 3.36. The lowest BCUT2D eigenvalue weighted by Gasteiger charge is -2.18. The highest BCUT2D eigenvalue weighted by Crippen LogP contribution is 2.31. The number of rotatable bonds is 4. The smallest absolute Gasteiger partial charge is 0.326 e. The van der Waals surface area contributed by atoms with Crippen LogP contribution in [-0.2, 0) is 25.7 Å². The van der Waals surface area contributed by atoms with E-state index in [1.807, 2.05) is 0 Å². The van der Waals surface area contributed by atoms with Crippen LogP contribution in [0.4, 0.5) is 0 Å². The van der Waals surface area contributed by atoms with Gasteiger partial charge in [-0.25, -0.2) is 0 Å². The number of fused-ring (bicyclic) bond motifs is 1. The molecule has 0 aliphatic carbocycles. The molecule has 1 aliphatic rings. The summed E-state index contributed by atoms with van der Waals surface area (Å²) in [7, 11) is 0. The lowest BCUT2D eigenvalue weighted by molar-refractivity contribution is -0.157. The van der Waals surface area contributed by atoms with Gasteiger partial charge in [-0.3, -0.25) is 24.1 Å². The van der Waals surface area contributed by atoms with Crippen LogP contribution in [-0.4, -0.2) is 40.2 Å². The molecule has 1 unspecified atom stereocenters. The first-order valence-corrected chi connectivity index (χ1v) is 6.72. The van der Waals surface area contributed by atoms with Crippen molar-refractivity contribution < 1.29 is 29.0 Å². The second-order valence-corrected chi connectivity index (χ2v) is 4.84. The molecular weight excluding hydrogens is 290 g/mol. The van der Waals surface area contributed by atoms with Crippen molar-refractivity contribution in [2.24, 2.45) is 5.92 Å². The summed E-state index contributed by atoms with van der Waals surface area (Å²) in [5.74, 6) is -5.25. The highest BCUT2D eigenvalue weighted by atomic mass is 16.5. The number of phenols is 1. The molecule has 0 radical (unpaired) electrons. The number of hydrogen-bond acceptors (Lipinski definition) is 6. The Morgan fingerprint density at radius 2 is 2.05 bits per heavy atom. The zero-order valence-electron chi connectivity index (χ0n) is 12.2. The largest absolute Gasteiger partial charge is 0.507 e. The summed E-state index contributed by atoms with van der Waals surface area (Å²) >= 11 is 0. The van der Waals surface area contributed by atoms with E-state index in [0.717, 1.165) is 11.8 Å². The summed E-state index contributed by atoms with van der Waals surface area (Å²) < 4.78 is 4.71. The molecule has 0 fully saturated rings. The van der Waals surface area contributed by atoms with Crippen LogP contribution in [0.3, 0.4) is 0 Å². The van der Waals surface area contributed by atoms with E-state index in [1.54, 1.807) is 19.1 Å². The first-order valence-electron chi connectivity index (χ1n) is 6.72. The van der Waals surface area contributed by atoms with Gasteiger partial charge in [0.15, 0.2) is 11.7 Å². The number of carbonyl (C=O) groups excluding carboxylic acids is 4. The maximum absolute atomic E-state index is 12.4. The topological polar surface area (TPSA) is 101 Å². The summed E-state index contributed by atoms with van der Waals surface area (Å²) in [4.78, 5) is 48.8. The molecule has 116 valence electrons. The molecule has 1 aromatic rings. The molecule has 7 nitrogen and oxygen atoms in total. The van der Waals surface area contributed by atoms with E-state index < -0.39 is 29.5 Å². The number of Topliss-reactive ketones (excluding diaryl/α,β-unsaturated/α-hetero) is 1. The van der Waals surface area contributed by atoms with Crippen molar-refractivity contribution in [3.63, 3.8) is 0 Å². The number of carbonyl (C=O) groups is 4. The fourth-order valence-electron chi connectivity index (χ4n) is 2.34. The van der Waals surface area contributed by atoms with E-state index in [0.29, 0.717) is 5.56 Å². The number of phenolic OH excluding ortho intramolecular Hbond substituents is 1. The van der Waals surface area contributed by atoms with Gasteiger partial charge in [0, 0.05) is 0 Å². The van der Waals surface area contributed by atoms with Crippen LogP contribution in [0.15, 0.2) is 18.2 Å². The first kappa shape index (κ1) is 15.7. The lowest BCUT2D eigenvalue weighted by atomic mass is 10.0. The van der Waals surface area contributed by atoms with Gasteiger partial charge in [-0.1, -0.05) is 12.1 Å². The lowest BCUT2D eigenvalue weighted by Crippen LogP contribution is -2.43. The van der Waals surface area contributed by atoms with Gasteiger partial charge in [0.25, 0.3) is 11.8 Å². The van der Waals surface area contributed by atoms with E-state index in [9.17, 15) is 24.3 Å². The number of imide groups is 1. The van der Waals surface area contributed by atoms with Gasteiger partial charge in [0.05, 0.1) is 18.7 Å². The molecular formula is C15H15NO6. The van der Waals surface area contributed by atoms with Crippen LogP contribution in [0.25, 0.3) is 0 Å². The van der Waals surface area contributed by atoms with Crippen molar-refractivity contribution in [2.75, 3.05) is 6.61 Å². The minimum absolute atomic E-state index is 0.0158. The number of ketones is 1. The van der Waals surface area contributed by atoms with E-state index in [1.165, 1.54) is 6.07 Å². The minimum atomic E-state index is -1.67. The molecule has 0 bridgehead atoms. The molecule has 0 saturated heterocycles. The van der Waals surface area contributed by atoms with Crippen LogP contribution >= 0.6 is 0 Å². The molecule has 7 heteroatoms. The molecule has 0 aromatic heterocycles. The first-order chi connectivity index (χ1) is 10.4. The number of aromatic hydroxyl groups is 1. The van der Waals surface area contributed by atoms with Crippen molar-refractivity contribution in [2.45, 2.75) is 20.4 Å². The molecule has 1 atom stereocenters. The maximum atomic E-state index is 12.4. The average molecular weight is 305 g/mol. The van der Waals surface area contributed by atoms with Gasteiger partial charge in [0.2, 0.25) is 0 Å². The highest BCUT2D eigenvalue weighted by molar-refractivity contribution is 6.21. The molecule has 0 spiro atoms. The number of esters is 1. The van der Waals surface area contributed by atoms with Crippen molar-refractivity contribution in [3.8, 4) is 5.75 Å². The third kappa shape index (κ3) is 2.57. The van der Waals surface area contributed by atoms with Crippen molar-refractivity contribution >= 4 is 23.6 Å². The summed E-state index contributed by atoms with van der Waals surface area (Å²) in [5.41, 5.74) is 0.478. The Hall–Kier alpha value is -2.70. The quantitative estimate of drug-likeness (QED) is 0.647. The molecule has 1 N–H and O–H groups in total. The van der Waals surface area contributed by atoms with E-state index >= 15 is 0 Å². The monoisotopic (exact) mass is 305 g/mol. The number of hydrogen-bond donors (Lipinski definition) is 1. The molecule has 1 heterocycles. The number of ether oxygens (including phenoxy) is 1. The van der Waals surface area contributed by atoms with Crippen LogP contribution < -0.4 is 0 Å². The number of amides is 2. The fourth-order valence-corrected chi connectivity index (χ4v) is 2.34. The number of benzene rings is 1. The predicted molar refractivity (Wildman–Crippen MR) is 73.8 cm³/mol. The van der Waals surface area contributed by atoms with Gasteiger partial charge in [-0.2, -0.15) is 0 Å². The normalized spacial score (nSPS) is 14.5. The minimum Gasteiger partial charge on any atom is -0.507 e. The Labute approximate surface area is 126 Å². The third-order valence-corrected chi connectivity index (χ3v) is 3.36. The zero-order chi connectivity index (χ0) is 16.4. The molecule has 1 aliphatic heterocycles. The predicted octanol–water partition coefficient (Wildman–Crippen LogP) is 0.643. The Morgan fingerprint density at radius 3 is 2.59 bits per heavy atom. The van der Waals surface area contributed by atoms with Crippen LogP contribution in [0.2, 0.25) is 0 Å². The van der Waals surface area contributed by atoms with Gasteiger partial charge in [-0.05, 0) is 25.5 Å². The Bertz CT molecular complexity index is 666. The van der Waals surface area contributed by atoms with Gasteiger partial charge < -0.3 is 9.84 Å². The van der Waals surface area contributed by atoms with Crippen LogP contribution in [0.1, 0.15) is 29.8 Å². The molecule has 1 aromatic carbocycles. The summed E-state index contributed by atoms with van der Waals surface area (Å²) in [6.07, 6.45) is 0.